The number of hydrogen-bond donors (Lipinski definition) is 1. The van der Waals surface area contributed by atoms with Gasteiger partial charge < -0.3 is 14.6 Å². The van der Waals surface area contributed by atoms with E-state index in [2.05, 4.69) is 10.2 Å². The van der Waals surface area contributed by atoms with Gasteiger partial charge in [-0.3, -0.25) is 14.5 Å². The second-order valence-electron chi connectivity index (χ2n) is 7.52. The third-order valence-corrected chi connectivity index (χ3v) is 5.57. The number of nitrogens with one attached hydrogen (secondary N) is 1. The molecule has 7 nitrogen and oxygen atoms in total. The van der Waals surface area contributed by atoms with Gasteiger partial charge in [-0.15, -0.1) is 0 Å². The van der Waals surface area contributed by atoms with Crippen LogP contribution in [0.25, 0.3) is 5.65 Å². The number of hydrogen-bond acceptors (Lipinski definition) is 4. The highest BCUT2D eigenvalue weighted by atomic mass is 16.2. The van der Waals surface area contributed by atoms with E-state index in [0.717, 1.165) is 49.4 Å². The molecule has 0 saturated carbocycles. The Bertz CT molecular complexity index is 853. The van der Waals surface area contributed by atoms with Gasteiger partial charge in [-0.2, -0.15) is 0 Å². The van der Waals surface area contributed by atoms with Crippen molar-refractivity contribution in [2.75, 3.05) is 32.7 Å². The number of pyridine rings is 1. The number of rotatable bonds is 3. The highest BCUT2D eigenvalue weighted by Crippen LogP contribution is 2.21. The first-order chi connectivity index (χ1) is 13.1. The van der Waals surface area contributed by atoms with E-state index in [1.807, 2.05) is 34.6 Å². The molecule has 27 heavy (non-hydrogen) atoms. The Morgan fingerprint density at radius 1 is 1.19 bits per heavy atom. The van der Waals surface area contributed by atoms with E-state index in [1.54, 1.807) is 0 Å². The summed E-state index contributed by atoms with van der Waals surface area (Å²) in [4.78, 5) is 33.8. The standard InChI is InChI=1S/C20H27N5O2/c1-15-6-5-11-25-16(14-23-12-7-17(26)21-8-13-23)18(22-19(15)25)20(27)24-9-3-2-4-10-24/h5-6,11H,2-4,7-10,12-14H2,1H3,(H,21,26). The highest BCUT2D eigenvalue weighted by Gasteiger charge is 2.27. The summed E-state index contributed by atoms with van der Waals surface area (Å²) in [5.74, 6) is 0.132. The lowest BCUT2D eigenvalue weighted by molar-refractivity contribution is -0.120. The molecule has 0 radical (unpaired) electrons. The smallest absolute Gasteiger partial charge is 0.274 e. The lowest BCUT2D eigenvalue weighted by Crippen LogP contribution is -2.37. The average Bonchev–Trinajstić information content (AvgIpc) is 2.92. The van der Waals surface area contributed by atoms with Crippen molar-refractivity contribution in [1.82, 2.24) is 24.5 Å². The third kappa shape index (κ3) is 3.69. The predicted molar refractivity (Wildman–Crippen MR) is 103 cm³/mol. The van der Waals surface area contributed by atoms with Crippen LogP contribution in [0.3, 0.4) is 0 Å². The van der Waals surface area contributed by atoms with Crippen LogP contribution in [0.5, 0.6) is 0 Å². The number of carbonyl (C=O) groups is 2. The maximum Gasteiger partial charge on any atom is 0.274 e. The summed E-state index contributed by atoms with van der Waals surface area (Å²) < 4.78 is 2.05. The highest BCUT2D eigenvalue weighted by molar-refractivity contribution is 5.94. The number of aryl methyl sites for hydroxylation is 1. The molecule has 0 bridgehead atoms. The molecule has 1 N–H and O–H groups in total. The summed E-state index contributed by atoms with van der Waals surface area (Å²) in [7, 11) is 0. The van der Waals surface area contributed by atoms with Crippen molar-refractivity contribution in [1.29, 1.82) is 0 Å². The van der Waals surface area contributed by atoms with E-state index in [0.29, 0.717) is 31.7 Å². The lowest BCUT2D eigenvalue weighted by Gasteiger charge is -2.27. The summed E-state index contributed by atoms with van der Waals surface area (Å²) in [5, 5.41) is 2.91. The summed E-state index contributed by atoms with van der Waals surface area (Å²) >= 11 is 0. The summed E-state index contributed by atoms with van der Waals surface area (Å²) in [6.45, 7) is 6.39. The normalized spacial score (nSPS) is 19.1. The number of aromatic nitrogens is 2. The average molecular weight is 369 g/mol. The van der Waals surface area contributed by atoms with Gasteiger partial charge in [0.1, 0.15) is 5.65 Å². The second kappa shape index (κ2) is 7.68. The largest absolute Gasteiger partial charge is 0.355 e. The molecule has 2 aliphatic heterocycles. The molecule has 0 spiro atoms. The molecule has 2 aromatic rings. The summed E-state index contributed by atoms with van der Waals surface area (Å²) in [6, 6.07) is 4.02. The van der Waals surface area contributed by atoms with Gasteiger partial charge in [0.05, 0.1) is 5.69 Å². The Kier molecular flexibility index (Phi) is 5.11. The molecule has 144 valence electrons. The Morgan fingerprint density at radius 2 is 2.00 bits per heavy atom. The number of amides is 2. The van der Waals surface area contributed by atoms with Gasteiger partial charge in [-0.1, -0.05) is 6.07 Å². The molecule has 7 heteroatoms. The molecule has 4 rings (SSSR count). The second-order valence-corrected chi connectivity index (χ2v) is 7.52. The maximum atomic E-state index is 13.2. The van der Waals surface area contributed by atoms with Crippen LogP contribution in [0.2, 0.25) is 0 Å². The number of piperidine rings is 1. The third-order valence-electron chi connectivity index (χ3n) is 5.57. The predicted octanol–water partition coefficient (Wildman–Crippen LogP) is 1.59. The van der Waals surface area contributed by atoms with Crippen molar-refractivity contribution in [2.45, 2.75) is 39.2 Å². The molecular formula is C20H27N5O2. The molecule has 2 amide bonds. The Hall–Kier alpha value is -2.41. The van der Waals surface area contributed by atoms with Crippen LogP contribution >= 0.6 is 0 Å². The van der Waals surface area contributed by atoms with Gasteiger partial charge in [0.25, 0.3) is 5.91 Å². The summed E-state index contributed by atoms with van der Waals surface area (Å²) in [6.07, 6.45) is 5.79. The van der Waals surface area contributed by atoms with Crippen LogP contribution in [-0.2, 0) is 11.3 Å². The summed E-state index contributed by atoms with van der Waals surface area (Å²) in [5.41, 5.74) is 3.40. The first-order valence-electron chi connectivity index (χ1n) is 9.88. The number of imidazole rings is 1. The molecule has 2 saturated heterocycles. The minimum atomic E-state index is 0.0387. The van der Waals surface area contributed by atoms with Crippen LogP contribution in [0.1, 0.15) is 47.4 Å². The first kappa shape index (κ1) is 18.0. The Balaban J connectivity index is 1.69. The van der Waals surface area contributed by atoms with Crippen molar-refractivity contribution < 1.29 is 9.59 Å². The fourth-order valence-corrected chi connectivity index (χ4v) is 4.01. The van der Waals surface area contributed by atoms with Gasteiger partial charge >= 0.3 is 0 Å². The van der Waals surface area contributed by atoms with Crippen LogP contribution in [-0.4, -0.2) is 63.7 Å². The zero-order valence-electron chi connectivity index (χ0n) is 15.9. The van der Waals surface area contributed by atoms with Crippen molar-refractivity contribution >= 4 is 17.5 Å². The van der Waals surface area contributed by atoms with Gasteiger partial charge in [-0.05, 0) is 37.8 Å². The molecule has 0 aliphatic carbocycles. The van der Waals surface area contributed by atoms with Gasteiger partial charge in [-0.25, -0.2) is 4.98 Å². The van der Waals surface area contributed by atoms with E-state index in [9.17, 15) is 9.59 Å². The minimum absolute atomic E-state index is 0.0387. The molecule has 2 aromatic heterocycles. The fourth-order valence-electron chi connectivity index (χ4n) is 4.01. The minimum Gasteiger partial charge on any atom is -0.355 e. The van der Waals surface area contributed by atoms with Gasteiger partial charge in [0, 0.05) is 51.9 Å². The Morgan fingerprint density at radius 3 is 2.81 bits per heavy atom. The van der Waals surface area contributed by atoms with Crippen LogP contribution < -0.4 is 5.32 Å². The monoisotopic (exact) mass is 369 g/mol. The lowest BCUT2D eigenvalue weighted by atomic mass is 10.1. The Labute approximate surface area is 159 Å². The van der Waals surface area contributed by atoms with Crippen molar-refractivity contribution in [2.24, 2.45) is 0 Å². The molecule has 2 fully saturated rings. The first-order valence-corrected chi connectivity index (χ1v) is 9.88. The molecule has 0 aromatic carbocycles. The van der Waals surface area contributed by atoms with Crippen molar-refractivity contribution in [3.8, 4) is 0 Å². The van der Waals surface area contributed by atoms with E-state index in [-0.39, 0.29) is 11.8 Å². The van der Waals surface area contributed by atoms with E-state index >= 15 is 0 Å². The number of likely N-dealkylation sites (tertiary alicyclic amines) is 1. The van der Waals surface area contributed by atoms with E-state index in [1.165, 1.54) is 6.42 Å². The van der Waals surface area contributed by atoms with Crippen LogP contribution in [0.15, 0.2) is 18.3 Å². The van der Waals surface area contributed by atoms with E-state index < -0.39 is 0 Å². The molecule has 0 unspecified atom stereocenters. The van der Waals surface area contributed by atoms with Crippen molar-refractivity contribution in [3.05, 3.63) is 35.3 Å². The number of carbonyl (C=O) groups excluding carboxylic acids is 2. The molecule has 2 aliphatic rings. The van der Waals surface area contributed by atoms with E-state index in [4.69, 9.17) is 4.98 Å². The number of fused-ring (bicyclic) bond motifs is 1. The van der Waals surface area contributed by atoms with Gasteiger partial charge in [0.2, 0.25) is 5.91 Å². The SMILES string of the molecule is Cc1cccn2c(CN3CCNC(=O)CC3)c(C(=O)N3CCCCC3)nc12. The quantitative estimate of drug-likeness (QED) is 0.892. The van der Waals surface area contributed by atoms with Crippen LogP contribution in [0.4, 0.5) is 0 Å². The topological polar surface area (TPSA) is 70.0 Å². The zero-order chi connectivity index (χ0) is 18.8. The number of nitrogens with zero attached hydrogens (tertiary/aromatic N) is 4. The van der Waals surface area contributed by atoms with Gasteiger partial charge in [0.15, 0.2) is 5.69 Å². The van der Waals surface area contributed by atoms with Crippen molar-refractivity contribution in [3.63, 3.8) is 0 Å². The zero-order valence-corrected chi connectivity index (χ0v) is 15.9. The fraction of sp³-hybridized carbons (Fsp3) is 0.550. The molecule has 4 heterocycles. The molecular weight excluding hydrogens is 342 g/mol. The maximum absolute atomic E-state index is 13.2. The molecule has 0 atom stereocenters. The van der Waals surface area contributed by atoms with Crippen LogP contribution in [0, 0.1) is 6.92 Å².